The molecule has 1 heterocycles. The summed E-state index contributed by atoms with van der Waals surface area (Å²) in [7, 11) is -0.901. The predicted molar refractivity (Wildman–Crippen MR) is 63.5 cm³/mol. The minimum Gasteiger partial charge on any atom is -0.410 e. The van der Waals surface area contributed by atoms with E-state index in [0.717, 1.165) is 32.6 Å². The van der Waals surface area contributed by atoms with E-state index in [9.17, 15) is 0 Å². The van der Waals surface area contributed by atoms with Crippen molar-refractivity contribution in [1.82, 2.24) is 5.32 Å². The van der Waals surface area contributed by atoms with Crippen molar-refractivity contribution in [2.45, 2.75) is 32.0 Å². The highest BCUT2D eigenvalue weighted by Gasteiger charge is 2.23. The van der Waals surface area contributed by atoms with E-state index < -0.39 is 8.07 Å². The second-order valence-electron chi connectivity index (χ2n) is 5.02. The molecule has 1 N–H and O–H groups in total. The molecule has 82 valence electrons. The summed E-state index contributed by atoms with van der Waals surface area (Å²) in [6.45, 7) is 10.6. The van der Waals surface area contributed by atoms with Gasteiger partial charge in [-0.25, -0.2) is 0 Å². The average Bonchev–Trinajstić information content (AvgIpc) is 2.00. The number of rotatable bonds is 3. The maximum atomic E-state index is 5.62. The first kappa shape index (κ1) is 12.2. The molecule has 0 bridgehead atoms. The zero-order valence-electron chi connectivity index (χ0n) is 9.64. The van der Waals surface area contributed by atoms with Crippen molar-refractivity contribution in [2.24, 2.45) is 0 Å². The van der Waals surface area contributed by atoms with Crippen LogP contribution in [0.15, 0.2) is 0 Å². The van der Waals surface area contributed by atoms with Gasteiger partial charge in [-0.05, 0) is 6.32 Å². The molecule has 1 aliphatic rings. The molecule has 0 amide bonds. The van der Waals surface area contributed by atoms with Gasteiger partial charge in [0.15, 0.2) is 0 Å². The van der Waals surface area contributed by atoms with Crippen molar-refractivity contribution in [3.8, 4) is 0 Å². The van der Waals surface area contributed by atoms with E-state index >= 15 is 0 Å². The average molecular weight is 215 g/mol. The zero-order chi connectivity index (χ0) is 10.4. The largest absolute Gasteiger partial charge is 0.456 e. The Labute approximate surface area is 88.7 Å². The Hall–Kier alpha value is 0.162. The third-order valence-electron chi connectivity index (χ3n) is 2.30. The van der Waals surface area contributed by atoms with Crippen LogP contribution in [0.2, 0.25) is 32.0 Å². The van der Waals surface area contributed by atoms with Crippen LogP contribution in [0.5, 0.6) is 0 Å². The highest BCUT2D eigenvalue weighted by atomic mass is 28.3. The summed E-state index contributed by atoms with van der Waals surface area (Å²) in [5, 5.41) is 3.24. The highest BCUT2D eigenvalue weighted by molar-refractivity contribution is 6.77. The summed E-state index contributed by atoms with van der Waals surface area (Å²) in [6, 6.07) is 1.28. The lowest BCUT2D eigenvalue weighted by molar-refractivity contribution is 0.178. The minimum absolute atomic E-state index is 0.0452. The van der Waals surface area contributed by atoms with Crippen molar-refractivity contribution in [3.05, 3.63) is 0 Å². The summed E-state index contributed by atoms with van der Waals surface area (Å²) in [5.41, 5.74) is 0. The highest BCUT2D eigenvalue weighted by Crippen LogP contribution is 2.14. The van der Waals surface area contributed by atoms with E-state index in [2.05, 4.69) is 25.0 Å². The van der Waals surface area contributed by atoms with Crippen LogP contribution in [0.4, 0.5) is 0 Å². The smallest absolute Gasteiger partial charge is 0.410 e. The minimum atomic E-state index is -0.946. The molecule has 0 spiro atoms. The summed E-state index contributed by atoms with van der Waals surface area (Å²) < 4.78 is 11.2. The molecule has 14 heavy (non-hydrogen) atoms. The predicted octanol–water partition coefficient (Wildman–Crippen LogP) is 1.45. The molecular weight excluding hydrogens is 193 g/mol. The van der Waals surface area contributed by atoms with Gasteiger partial charge in [-0.1, -0.05) is 25.7 Å². The molecule has 0 aromatic heterocycles. The lowest BCUT2D eigenvalue weighted by Crippen LogP contribution is -2.36. The van der Waals surface area contributed by atoms with Gasteiger partial charge < -0.3 is 14.6 Å². The van der Waals surface area contributed by atoms with E-state index in [4.69, 9.17) is 9.31 Å². The van der Waals surface area contributed by atoms with E-state index in [1.54, 1.807) is 0 Å². The first-order valence-electron chi connectivity index (χ1n) is 5.52. The maximum absolute atomic E-state index is 5.62. The van der Waals surface area contributed by atoms with Crippen molar-refractivity contribution < 1.29 is 9.31 Å². The normalized spacial score (nSPS) is 20.4. The van der Waals surface area contributed by atoms with Gasteiger partial charge in [0.1, 0.15) is 0 Å². The molecule has 0 aromatic rings. The Morgan fingerprint density at radius 2 is 1.71 bits per heavy atom. The van der Waals surface area contributed by atoms with Crippen LogP contribution in [0.3, 0.4) is 0 Å². The molecule has 3 nitrogen and oxygen atoms in total. The Balaban J connectivity index is 2.20. The molecule has 0 unspecified atom stereocenters. The van der Waals surface area contributed by atoms with Crippen LogP contribution in [-0.2, 0) is 9.31 Å². The molecule has 5 heteroatoms. The van der Waals surface area contributed by atoms with Gasteiger partial charge in [0.05, 0.1) is 0 Å². The fourth-order valence-corrected chi connectivity index (χ4v) is 2.52. The first-order chi connectivity index (χ1) is 6.58. The SMILES string of the molecule is C[Si](C)(C)CCB1OCCNCCO1. The molecule has 1 aliphatic heterocycles. The third kappa shape index (κ3) is 5.80. The number of hydrogen-bond acceptors (Lipinski definition) is 3. The van der Waals surface area contributed by atoms with Gasteiger partial charge in [-0.2, -0.15) is 0 Å². The Kier molecular flexibility index (Phi) is 5.16. The summed E-state index contributed by atoms with van der Waals surface area (Å²) >= 11 is 0. The van der Waals surface area contributed by atoms with Crippen LogP contribution in [0, 0.1) is 0 Å². The molecule has 1 saturated heterocycles. The Bertz CT molecular complexity index is 155. The van der Waals surface area contributed by atoms with Gasteiger partial charge in [-0.15, -0.1) is 0 Å². The van der Waals surface area contributed by atoms with Crippen LogP contribution < -0.4 is 5.32 Å². The molecular formula is C9H22BNO2Si. The van der Waals surface area contributed by atoms with E-state index in [-0.39, 0.29) is 7.12 Å². The maximum Gasteiger partial charge on any atom is 0.456 e. The topological polar surface area (TPSA) is 30.5 Å². The van der Waals surface area contributed by atoms with Crippen molar-refractivity contribution in [1.29, 1.82) is 0 Å². The fraction of sp³-hybridized carbons (Fsp3) is 1.00. The monoisotopic (exact) mass is 215 g/mol. The summed E-state index contributed by atoms with van der Waals surface area (Å²) in [6.07, 6.45) is 1.07. The second kappa shape index (κ2) is 5.90. The molecule has 0 aliphatic carbocycles. The van der Waals surface area contributed by atoms with Crippen molar-refractivity contribution in [2.75, 3.05) is 26.3 Å². The van der Waals surface area contributed by atoms with E-state index in [0.29, 0.717) is 0 Å². The summed E-state index contributed by atoms with van der Waals surface area (Å²) in [5.74, 6) is 0. The van der Waals surface area contributed by atoms with Crippen LogP contribution in [0.25, 0.3) is 0 Å². The fourth-order valence-electron chi connectivity index (χ4n) is 1.42. The van der Waals surface area contributed by atoms with Gasteiger partial charge in [0.2, 0.25) is 0 Å². The van der Waals surface area contributed by atoms with Gasteiger partial charge in [0.25, 0.3) is 0 Å². The molecule has 0 saturated carbocycles. The van der Waals surface area contributed by atoms with Crippen LogP contribution in [0.1, 0.15) is 0 Å². The molecule has 0 aromatic carbocycles. The molecule has 0 atom stereocenters. The van der Waals surface area contributed by atoms with Gasteiger partial charge in [0, 0.05) is 34.4 Å². The van der Waals surface area contributed by atoms with Gasteiger partial charge in [-0.3, -0.25) is 0 Å². The van der Waals surface area contributed by atoms with Crippen LogP contribution >= 0.6 is 0 Å². The summed E-state index contributed by atoms with van der Waals surface area (Å²) in [4.78, 5) is 0. The lowest BCUT2D eigenvalue weighted by atomic mass is 9.85. The lowest BCUT2D eigenvalue weighted by Gasteiger charge is -2.21. The van der Waals surface area contributed by atoms with Crippen molar-refractivity contribution >= 4 is 15.2 Å². The van der Waals surface area contributed by atoms with E-state index in [1.807, 2.05) is 0 Å². The molecule has 0 radical (unpaired) electrons. The molecule has 1 fully saturated rings. The molecule has 1 rings (SSSR count). The third-order valence-corrected chi connectivity index (χ3v) is 4.08. The standard InChI is InChI=1S/C9H22BNO2Si/c1-14(2,3)9-4-10-12-7-5-11-6-8-13-10/h11H,4-9H2,1-3H3. The first-order valence-corrected chi connectivity index (χ1v) is 9.22. The quantitative estimate of drug-likeness (QED) is 0.723. The van der Waals surface area contributed by atoms with Crippen LogP contribution in [-0.4, -0.2) is 41.5 Å². The Morgan fingerprint density at radius 3 is 2.21 bits per heavy atom. The zero-order valence-corrected chi connectivity index (χ0v) is 10.6. The number of hydrogen-bond donors (Lipinski definition) is 1. The van der Waals surface area contributed by atoms with E-state index in [1.165, 1.54) is 6.04 Å². The van der Waals surface area contributed by atoms with Crippen molar-refractivity contribution in [3.63, 3.8) is 0 Å². The Morgan fingerprint density at radius 1 is 1.14 bits per heavy atom. The number of nitrogens with one attached hydrogen (secondary N) is 1. The van der Waals surface area contributed by atoms with Gasteiger partial charge >= 0.3 is 7.12 Å². The second-order valence-corrected chi connectivity index (χ2v) is 10.6.